The molecule has 0 saturated carbocycles. The van der Waals surface area contributed by atoms with E-state index < -0.39 is 0 Å². The number of carbonyl (C=O) groups is 1. The van der Waals surface area contributed by atoms with Crippen molar-refractivity contribution in [2.24, 2.45) is 0 Å². The molecule has 16 heavy (non-hydrogen) atoms. The third-order valence-electron chi connectivity index (χ3n) is 2.76. The molecule has 0 aliphatic carbocycles. The molecule has 0 bridgehead atoms. The van der Waals surface area contributed by atoms with Crippen molar-refractivity contribution in [1.82, 2.24) is 9.88 Å². The molecule has 1 aromatic heterocycles. The van der Waals surface area contributed by atoms with Gasteiger partial charge in [-0.15, -0.1) is 0 Å². The average Bonchev–Trinajstić information content (AvgIpc) is 2.54. The summed E-state index contributed by atoms with van der Waals surface area (Å²) in [4.78, 5) is 17.2. The smallest absolute Gasteiger partial charge is 0.178 e. The van der Waals surface area contributed by atoms with E-state index in [-0.39, 0.29) is 5.78 Å². The zero-order chi connectivity index (χ0) is 12.1. The van der Waals surface area contributed by atoms with Crippen molar-refractivity contribution in [2.75, 3.05) is 20.1 Å². The van der Waals surface area contributed by atoms with Crippen LogP contribution in [0.3, 0.4) is 0 Å². The van der Waals surface area contributed by atoms with Gasteiger partial charge in [-0.05, 0) is 39.9 Å². The Morgan fingerprint density at radius 1 is 1.44 bits per heavy atom. The van der Waals surface area contributed by atoms with E-state index in [1.54, 1.807) is 0 Å². The van der Waals surface area contributed by atoms with Gasteiger partial charge in [-0.25, -0.2) is 0 Å². The summed E-state index contributed by atoms with van der Waals surface area (Å²) in [5, 5.41) is 0. The van der Waals surface area contributed by atoms with Gasteiger partial charge in [-0.3, -0.25) is 9.69 Å². The minimum atomic E-state index is 0.209. The van der Waals surface area contributed by atoms with Crippen LogP contribution in [0.1, 0.15) is 41.5 Å². The van der Waals surface area contributed by atoms with E-state index in [1.807, 2.05) is 27.0 Å². The second-order valence-corrected chi connectivity index (χ2v) is 4.51. The first-order chi connectivity index (χ1) is 7.54. The summed E-state index contributed by atoms with van der Waals surface area (Å²) >= 11 is 0. The molecule has 1 aromatic rings. The molecule has 0 aliphatic heterocycles. The highest BCUT2D eigenvalue weighted by atomic mass is 16.1. The Kier molecular flexibility index (Phi) is 4.74. The van der Waals surface area contributed by atoms with Gasteiger partial charge in [0.15, 0.2) is 5.78 Å². The van der Waals surface area contributed by atoms with E-state index in [1.165, 1.54) is 6.42 Å². The topological polar surface area (TPSA) is 36.1 Å². The first-order valence-corrected chi connectivity index (χ1v) is 5.92. The predicted molar refractivity (Wildman–Crippen MR) is 67.0 cm³/mol. The van der Waals surface area contributed by atoms with Crippen LogP contribution in [0.15, 0.2) is 6.07 Å². The summed E-state index contributed by atoms with van der Waals surface area (Å²) in [6.07, 6.45) is 2.32. The monoisotopic (exact) mass is 222 g/mol. The van der Waals surface area contributed by atoms with E-state index in [0.29, 0.717) is 6.54 Å². The summed E-state index contributed by atoms with van der Waals surface area (Å²) in [5.74, 6) is 0.209. The Balaban J connectivity index is 2.55. The Morgan fingerprint density at radius 2 is 2.12 bits per heavy atom. The minimum absolute atomic E-state index is 0.209. The molecule has 3 nitrogen and oxygen atoms in total. The lowest BCUT2D eigenvalue weighted by atomic mass is 10.1. The van der Waals surface area contributed by atoms with Gasteiger partial charge in [0.2, 0.25) is 0 Å². The van der Waals surface area contributed by atoms with Crippen LogP contribution in [0.25, 0.3) is 0 Å². The number of hydrogen-bond acceptors (Lipinski definition) is 2. The van der Waals surface area contributed by atoms with Gasteiger partial charge in [0, 0.05) is 17.0 Å². The van der Waals surface area contributed by atoms with Crippen molar-refractivity contribution in [3.63, 3.8) is 0 Å². The average molecular weight is 222 g/mol. The first-order valence-electron chi connectivity index (χ1n) is 5.92. The number of Topliss-reactive ketones (excluding diaryl/α,β-unsaturated/α-hetero) is 1. The molecule has 0 atom stereocenters. The fraction of sp³-hybridized carbons (Fsp3) is 0.615. The lowest BCUT2D eigenvalue weighted by Gasteiger charge is -2.14. The van der Waals surface area contributed by atoms with Crippen molar-refractivity contribution in [3.8, 4) is 0 Å². The number of nitrogens with one attached hydrogen (secondary N) is 1. The molecule has 3 heteroatoms. The van der Waals surface area contributed by atoms with Crippen LogP contribution in [0.4, 0.5) is 0 Å². The highest BCUT2D eigenvalue weighted by Gasteiger charge is 2.13. The highest BCUT2D eigenvalue weighted by molar-refractivity contribution is 5.98. The number of aryl methyl sites for hydroxylation is 2. The Morgan fingerprint density at radius 3 is 2.62 bits per heavy atom. The molecule has 0 saturated heterocycles. The Bertz CT molecular complexity index is 355. The fourth-order valence-corrected chi connectivity index (χ4v) is 1.85. The van der Waals surface area contributed by atoms with Gasteiger partial charge < -0.3 is 4.98 Å². The molecule has 1 rings (SSSR count). The van der Waals surface area contributed by atoms with Crippen molar-refractivity contribution in [2.45, 2.75) is 33.6 Å². The maximum absolute atomic E-state index is 12.0. The van der Waals surface area contributed by atoms with Gasteiger partial charge in [0.05, 0.1) is 6.54 Å². The number of unbranched alkanes of at least 4 members (excludes halogenated alkanes) is 1. The van der Waals surface area contributed by atoms with Crippen molar-refractivity contribution in [1.29, 1.82) is 0 Å². The predicted octanol–water partition coefficient (Wildman–Crippen LogP) is 2.55. The standard InChI is InChI=1S/C13H22N2O/c1-5-6-7-15(4)9-13(16)12-8-10(2)14-11(12)3/h8,14H,5-7,9H2,1-4H3. The number of H-pyrrole nitrogens is 1. The quantitative estimate of drug-likeness (QED) is 0.751. The van der Waals surface area contributed by atoms with Gasteiger partial charge >= 0.3 is 0 Å². The summed E-state index contributed by atoms with van der Waals surface area (Å²) in [7, 11) is 2.00. The number of aromatic amines is 1. The number of carbonyl (C=O) groups excluding carboxylic acids is 1. The molecular formula is C13H22N2O. The van der Waals surface area contributed by atoms with Crippen LogP contribution in [-0.2, 0) is 0 Å². The van der Waals surface area contributed by atoms with Crippen LogP contribution >= 0.6 is 0 Å². The third-order valence-corrected chi connectivity index (χ3v) is 2.76. The number of rotatable bonds is 6. The Labute approximate surface area is 97.8 Å². The molecule has 1 heterocycles. The molecule has 0 unspecified atom stereocenters. The molecular weight excluding hydrogens is 200 g/mol. The van der Waals surface area contributed by atoms with E-state index in [4.69, 9.17) is 0 Å². The lowest BCUT2D eigenvalue weighted by Crippen LogP contribution is -2.27. The van der Waals surface area contributed by atoms with Gasteiger partial charge in [0.25, 0.3) is 0 Å². The molecule has 0 fully saturated rings. The molecule has 0 aromatic carbocycles. The number of aromatic nitrogens is 1. The molecule has 0 spiro atoms. The lowest BCUT2D eigenvalue weighted by molar-refractivity contribution is 0.0945. The molecule has 1 N–H and O–H groups in total. The summed E-state index contributed by atoms with van der Waals surface area (Å²) in [6, 6.07) is 1.94. The second-order valence-electron chi connectivity index (χ2n) is 4.51. The largest absolute Gasteiger partial charge is 0.362 e. The van der Waals surface area contributed by atoms with E-state index in [0.717, 1.165) is 29.9 Å². The van der Waals surface area contributed by atoms with Crippen LogP contribution in [0.5, 0.6) is 0 Å². The summed E-state index contributed by atoms with van der Waals surface area (Å²) in [5.41, 5.74) is 2.87. The van der Waals surface area contributed by atoms with Crippen LogP contribution in [-0.4, -0.2) is 35.8 Å². The number of hydrogen-bond donors (Lipinski definition) is 1. The van der Waals surface area contributed by atoms with Crippen LogP contribution in [0, 0.1) is 13.8 Å². The van der Waals surface area contributed by atoms with Crippen molar-refractivity contribution in [3.05, 3.63) is 23.0 Å². The zero-order valence-electron chi connectivity index (χ0n) is 10.8. The minimum Gasteiger partial charge on any atom is -0.362 e. The van der Waals surface area contributed by atoms with E-state index >= 15 is 0 Å². The Hall–Kier alpha value is -1.09. The van der Waals surface area contributed by atoms with E-state index in [2.05, 4.69) is 16.8 Å². The molecule has 0 aliphatic rings. The zero-order valence-corrected chi connectivity index (χ0v) is 10.8. The van der Waals surface area contributed by atoms with E-state index in [9.17, 15) is 4.79 Å². The maximum Gasteiger partial charge on any atom is 0.178 e. The number of likely N-dealkylation sites (N-methyl/N-ethyl adjacent to an activating group) is 1. The normalized spacial score (nSPS) is 11.1. The number of ketones is 1. The highest BCUT2D eigenvalue weighted by Crippen LogP contribution is 2.10. The fourth-order valence-electron chi connectivity index (χ4n) is 1.85. The SMILES string of the molecule is CCCCN(C)CC(=O)c1cc(C)[nH]c1C. The molecule has 0 amide bonds. The summed E-state index contributed by atoms with van der Waals surface area (Å²) in [6.45, 7) is 7.59. The van der Waals surface area contributed by atoms with Crippen molar-refractivity contribution >= 4 is 5.78 Å². The molecule has 90 valence electrons. The summed E-state index contributed by atoms with van der Waals surface area (Å²) < 4.78 is 0. The second kappa shape index (κ2) is 5.85. The van der Waals surface area contributed by atoms with Crippen LogP contribution in [0.2, 0.25) is 0 Å². The molecule has 0 radical (unpaired) electrons. The van der Waals surface area contributed by atoms with Crippen molar-refractivity contribution < 1.29 is 4.79 Å². The third kappa shape index (κ3) is 3.49. The first kappa shape index (κ1) is 13.0. The maximum atomic E-state index is 12.0. The van der Waals surface area contributed by atoms with Gasteiger partial charge in [-0.1, -0.05) is 13.3 Å². The number of nitrogens with zero attached hydrogens (tertiary/aromatic N) is 1. The van der Waals surface area contributed by atoms with Gasteiger partial charge in [0.1, 0.15) is 0 Å². The van der Waals surface area contributed by atoms with Gasteiger partial charge in [-0.2, -0.15) is 0 Å². The van der Waals surface area contributed by atoms with Crippen LogP contribution < -0.4 is 0 Å².